The van der Waals surface area contributed by atoms with Gasteiger partial charge in [0.1, 0.15) is 11.6 Å². The molecule has 0 bridgehead atoms. The Morgan fingerprint density at radius 1 is 0.564 bits per heavy atom. The van der Waals surface area contributed by atoms with Crippen LogP contribution >= 0.6 is 0 Å². The number of allylic oxidation sites excluding steroid dienone is 2. The highest BCUT2D eigenvalue weighted by Gasteiger charge is 2.34. The standard InChI is InChI=1S/C48H68F2O5/c1-3-5-11-35-31-52-47(53-32-35)41-21-15-37(16-22-41)43-25-19-39(45(49)29-43)13-7-9-27-51-28-10-8-14-40-20-26-44(30-46(40)50)38-17-23-42(24-18-38)48-54-33-36(34-55-48)12-6-4-2/h7-10,19-20,25-26,29-30,35-38,41-42,47-48H,3-6,11-18,21-24,27-28,31-34H2,1-2H3. The van der Waals surface area contributed by atoms with Crippen LogP contribution in [0.25, 0.3) is 0 Å². The zero-order valence-electron chi connectivity index (χ0n) is 33.7. The van der Waals surface area contributed by atoms with Gasteiger partial charge in [-0.05, 0) is 123 Å². The van der Waals surface area contributed by atoms with E-state index in [9.17, 15) is 0 Å². The van der Waals surface area contributed by atoms with Crippen LogP contribution in [0.2, 0.25) is 0 Å². The van der Waals surface area contributed by atoms with Crippen molar-refractivity contribution in [2.75, 3.05) is 39.6 Å². The summed E-state index contributed by atoms with van der Waals surface area (Å²) in [4.78, 5) is 0. The van der Waals surface area contributed by atoms with Gasteiger partial charge in [-0.15, -0.1) is 0 Å². The molecule has 0 unspecified atom stereocenters. The van der Waals surface area contributed by atoms with E-state index in [4.69, 9.17) is 23.7 Å². The molecule has 0 amide bonds. The van der Waals surface area contributed by atoms with Gasteiger partial charge in [0.25, 0.3) is 0 Å². The molecular formula is C48H68F2O5. The summed E-state index contributed by atoms with van der Waals surface area (Å²) in [6.07, 6.45) is 24.5. The summed E-state index contributed by atoms with van der Waals surface area (Å²) in [7, 11) is 0. The fraction of sp³-hybridized carbons (Fsp3) is 0.667. The Morgan fingerprint density at radius 2 is 0.964 bits per heavy atom. The summed E-state index contributed by atoms with van der Waals surface area (Å²) in [5.41, 5.74) is 3.62. The summed E-state index contributed by atoms with van der Waals surface area (Å²) in [6.45, 7) is 8.64. The van der Waals surface area contributed by atoms with Crippen LogP contribution in [-0.4, -0.2) is 52.2 Å². The normalized spacial score (nSPS) is 29.3. The van der Waals surface area contributed by atoms with Crippen molar-refractivity contribution in [1.29, 1.82) is 0 Å². The van der Waals surface area contributed by atoms with Crippen molar-refractivity contribution in [3.05, 3.63) is 94.6 Å². The molecule has 2 aliphatic heterocycles. The van der Waals surface area contributed by atoms with E-state index in [1.54, 1.807) is 12.1 Å². The first-order chi connectivity index (χ1) is 27.0. The average Bonchev–Trinajstić information content (AvgIpc) is 3.23. The zero-order chi connectivity index (χ0) is 38.2. The van der Waals surface area contributed by atoms with Crippen LogP contribution in [0.3, 0.4) is 0 Å². The lowest BCUT2D eigenvalue weighted by molar-refractivity contribution is -0.229. The Hall–Kier alpha value is -2.42. The SMILES string of the molecule is CCCCC1COC(C2CCC(c3ccc(CC=CCOCC=CCc4ccc(C5CCC(C6OCC(CCCC)CO6)CC5)cc4F)c(F)c3)CC2)OC1. The first kappa shape index (κ1) is 42.2. The molecule has 304 valence electrons. The van der Waals surface area contributed by atoms with Crippen LogP contribution in [-0.2, 0) is 36.5 Å². The lowest BCUT2D eigenvalue weighted by Gasteiger charge is -2.37. The van der Waals surface area contributed by atoms with Gasteiger partial charge in [0.2, 0.25) is 0 Å². The fourth-order valence-electron chi connectivity index (χ4n) is 9.16. The molecule has 2 aliphatic carbocycles. The van der Waals surface area contributed by atoms with E-state index in [2.05, 4.69) is 26.0 Å². The van der Waals surface area contributed by atoms with Crippen LogP contribution < -0.4 is 0 Å². The predicted molar refractivity (Wildman–Crippen MR) is 216 cm³/mol. The van der Waals surface area contributed by atoms with E-state index in [-0.39, 0.29) is 24.2 Å². The minimum Gasteiger partial charge on any atom is -0.373 e. The van der Waals surface area contributed by atoms with Gasteiger partial charge < -0.3 is 23.7 Å². The third-order valence-electron chi connectivity index (χ3n) is 12.8. The molecule has 2 saturated carbocycles. The maximum Gasteiger partial charge on any atom is 0.160 e. The lowest BCUT2D eigenvalue weighted by atomic mass is 9.78. The largest absolute Gasteiger partial charge is 0.373 e. The summed E-state index contributed by atoms with van der Waals surface area (Å²) in [5, 5.41) is 0. The van der Waals surface area contributed by atoms with Crippen molar-refractivity contribution in [3.8, 4) is 0 Å². The minimum absolute atomic E-state index is 0.0689. The van der Waals surface area contributed by atoms with Crippen molar-refractivity contribution in [2.45, 2.75) is 141 Å². The van der Waals surface area contributed by atoms with Gasteiger partial charge in [-0.25, -0.2) is 8.78 Å². The van der Waals surface area contributed by atoms with Crippen LogP contribution in [0.4, 0.5) is 8.78 Å². The molecule has 0 atom stereocenters. The summed E-state index contributed by atoms with van der Waals surface area (Å²) in [6, 6.07) is 11.6. The Morgan fingerprint density at radius 3 is 1.33 bits per heavy atom. The van der Waals surface area contributed by atoms with Gasteiger partial charge in [0.15, 0.2) is 12.6 Å². The Balaban J connectivity index is 0.827. The van der Waals surface area contributed by atoms with Crippen molar-refractivity contribution in [1.82, 2.24) is 0 Å². The monoisotopic (exact) mass is 763 g/mol. The molecule has 2 saturated heterocycles. The highest BCUT2D eigenvalue weighted by atomic mass is 19.1. The van der Waals surface area contributed by atoms with Gasteiger partial charge in [-0.3, -0.25) is 0 Å². The molecule has 0 aromatic heterocycles. The third kappa shape index (κ3) is 12.8. The highest BCUT2D eigenvalue weighted by Crippen LogP contribution is 2.41. The second kappa shape index (κ2) is 22.5. The molecule has 6 rings (SSSR count). The smallest absolute Gasteiger partial charge is 0.160 e. The summed E-state index contributed by atoms with van der Waals surface area (Å²) >= 11 is 0. The van der Waals surface area contributed by atoms with Crippen molar-refractivity contribution < 1.29 is 32.5 Å². The first-order valence-corrected chi connectivity index (χ1v) is 21.9. The van der Waals surface area contributed by atoms with Gasteiger partial charge in [0.05, 0.1) is 39.6 Å². The molecule has 2 aromatic carbocycles. The van der Waals surface area contributed by atoms with E-state index < -0.39 is 0 Å². The highest BCUT2D eigenvalue weighted by molar-refractivity contribution is 5.30. The molecule has 4 fully saturated rings. The molecule has 2 heterocycles. The number of benzene rings is 2. The average molecular weight is 763 g/mol. The third-order valence-corrected chi connectivity index (χ3v) is 12.8. The Labute approximate surface area is 330 Å². The van der Waals surface area contributed by atoms with Gasteiger partial charge in [-0.1, -0.05) is 88.1 Å². The molecule has 4 aliphatic rings. The molecular weight excluding hydrogens is 695 g/mol. The second-order valence-corrected chi connectivity index (χ2v) is 16.9. The zero-order valence-corrected chi connectivity index (χ0v) is 33.7. The van der Waals surface area contributed by atoms with Crippen LogP contribution in [0.1, 0.15) is 138 Å². The lowest BCUT2D eigenvalue weighted by Crippen LogP contribution is -2.38. The van der Waals surface area contributed by atoms with Gasteiger partial charge in [-0.2, -0.15) is 0 Å². The van der Waals surface area contributed by atoms with Crippen LogP contribution in [0, 0.1) is 35.3 Å². The number of hydrogen-bond acceptors (Lipinski definition) is 5. The van der Waals surface area contributed by atoms with E-state index in [1.165, 1.54) is 38.5 Å². The topological polar surface area (TPSA) is 46.2 Å². The quantitative estimate of drug-likeness (QED) is 0.112. The van der Waals surface area contributed by atoms with Gasteiger partial charge >= 0.3 is 0 Å². The first-order valence-electron chi connectivity index (χ1n) is 21.9. The number of rotatable bonds is 18. The number of ether oxygens (including phenoxy) is 5. The predicted octanol–water partition coefficient (Wildman–Crippen LogP) is 11.8. The van der Waals surface area contributed by atoms with E-state index in [0.29, 0.717) is 72.7 Å². The molecule has 0 N–H and O–H groups in total. The van der Waals surface area contributed by atoms with E-state index >= 15 is 8.78 Å². The molecule has 2 aromatic rings. The molecule has 55 heavy (non-hydrogen) atoms. The number of hydrogen-bond donors (Lipinski definition) is 0. The van der Waals surface area contributed by atoms with E-state index in [1.807, 2.05) is 36.4 Å². The molecule has 0 spiro atoms. The molecule has 5 nitrogen and oxygen atoms in total. The maximum atomic E-state index is 15.1. The second-order valence-electron chi connectivity index (χ2n) is 16.9. The van der Waals surface area contributed by atoms with Crippen molar-refractivity contribution in [3.63, 3.8) is 0 Å². The fourth-order valence-corrected chi connectivity index (χ4v) is 9.16. The summed E-state index contributed by atoms with van der Waals surface area (Å²) in [5.74, 6) is 2.49. The number of unbranched alkanes of at least 4 members (excludes halogenated alkanes) is 2. The van der Waals surface area contributed by atoms with E-state index in [0.717, 1.165) is 88.9 Å². The van der Waals surface area contributed by atoms with Crippen LogP contribution in [0.5, 0.6) is 0 Å². The van der Waals surface area contributed by atoms with Crippen molar-refractivity contribution >= 4 is 0 Å². The minimum atomic E-state index is -0.131. The molecule has 7 heteroatoms. The van der Waals surface area contributed by atoms with Gasteiger partial charge in [0, 0.05) is 23.7 Å². The molecule has 0 radical (unpaired) electrons. The number of halogens is 2. The maximum absolute atomic E-state index is 15.1. The van der Waals surface area contributed by atoms with Crippen LogP contribution in [0.15, 0.2) is 60.7 Å². The van der Waals surface area contributed by atoms with Crippen molar-refractivity contribution in [2.24, 2.45) is 23.7 Å². The Bertz CT molecular complexity index is 1350. The Kier molecular flexibility index (Phi) is 17.3. The summed E-state index contributed by atoms with van der Waals surface area (Å²) < 4.78 is 60.3.